The lowest BCUT2D eigenvalue weighted by Crippen LogP contribution is -2.23. The standard InChI is InChI=1S/C16H14ClN3O3/c1-20-8-19-12-3-5-13(21)10(15(12)20)7-18-16(23)9-2-4-14(22)11(17)6-9/h2-6,8,21-22H,7H2,1H3,(H,18,23). The first-order valence-electron chi connectivity index (χ1n) is 6.86. The first-order chi connectivity index (χ1) is 11.0. The molecule has 1 heterocycles. The van der Waals surface area contributed by atoms with E-state index < -0.39 is 0 Å². The molecule has 6 nitrogen and oxygen atoms in total. The minimum absolute atomic E-state index is 0.0829. The van der Waals surface area contributed by atoms with Gasteiger partial charge in [0.05, 0.1) is 22.4 Å². The first-order valence-corrected chi connectivity index (χ1v) is 7.23. The van der Waals surface area contributed by atoms with Crippen LogP contribution in [0.3, 0.4) is 0 Å². The molecule has 0 unspecified atom stereocenters. The molecule has 0 atom stereocenters. The highest BCUT2D eigenvalue weighted by molar-refractivity contribution is 6.32. The number of hydrogen-bond donors (Lipinski definition) is 3. The Hall–Kier alpha value is -2.73. The van der Waals surface area contributed by atoms with Crippen LogP contribution < -0.4 is 5.32 Å². The van der Waals surface area contributed by atoms with Gasteiger partial charge in [-0.25, -0.2) is 4.98 Å². The topological polar surface area (TPSA) is 87.4 Å². The summed E-state index contributed by atoms with van der Waals surface area (Å²) in [5, 5.41) is 22.3. The minimum Gasteiger partial charge on any atom is -0.508 e. The van der Waals surface area contributed by atoms with Gasteiger partial charge in [0.1, 0.15) is 11.5 Å². The molecule has 0 saturated carbocycles. The highest BCUT2D eigenvalue weighted by Gasteiger charge is 2.13. The van der Waals surface area contributed by atoms with Crippen LogP contribution in [0.1, 0.15) is 15.9 Å². The van der Waals surface area contributed by atoms with Crippen molar-refractivity contribution >= 4 is 28.5 Å². The van der Waals surface area contributed by atoms with Gasteiger partial charge in [0, 0.05) is 24.7 Å². The van der Waals surface area contributed by atoms with Gasteiger partial charge in [-0.2, -0.15) is 0 Å². The molecule has 0 aliphatic rings. The number of phenolic OH excluding ortho intramolecular Hbond substituents is 2. The van der Waals surface area contributed by atoms with Gasteiger partial charge in [0.2, 0.25) is 0 Å². The van der Waals surface area contributed by atoms with Crippen molar-refractivity contribution in [3.63, 3.8) is 0 Å². The lowest BCUT2D eigenvalue weighted by molar-refractivity contribution is 0.0951. The van der Waals surface area contributed by atoms with Crippen molar-refractivity contribution in [1.29, 1.82) is 0 Å². The maximum absolute atomic E-state index is 12.2. The monoisotopic (exact) mass is 331 g/mol. The van der Waals surface area contributed by atoms with Crippen LogP contribution in [0, 0.1) is 0 Å². The largest absolute Gasteiger partial charge is 0.508 e. The smallest absolute Gasteiger partial charge is 0.251 e. The van der Waals surface area contributed by atoms with E-state index in [0.717, 1.165) is 11.0 Å². The lowest BCUT2D eigenvalue weighted by Gasteiger charge is -2.10. The molecule has 0 aliphatic heterocycles. The third kappa shape index (κ3) is 2.80. The summed E-state index contributed by atoms with van der Waals surface area (Å²) < 4.78 is 1.79. The van der Waals surface area contributed by atoms with Crippen LogP contribution in [0.5, 0.6) is 11.5 Å². The number of nitrogens with zero attached hydrogens (tertiary/aromatic N) is 2. The Bertz CT molecular complexity index is 905. The van der Waals surface area contributed by atoms with E-state index in [4.69, 9.17) is 11.6 Å². The summed E-state index contributed by atoms with van der Waals surface area (Å²) in [5.74, 6) is -0.351. The van der Waals surface area contributed by atoms with Crippen molar-refractivity contribution in [3.8, 4) is 11.5 Å². The van der Waals surface area contributed by atoms with Gasteiger partial charge >= 0.3 is 0 Å². The first kappa shape index (κ1) is 15.2. The number of aryl methyl sites for hydroxylation is 1. The van der Waals surface area contributed by atoms with Gasteiger partial charge in [0.25, 0.3) is 5.91 Å². The highest BCUT2D eigenvalue weighted by atomic mass is 35.5. The zero-order valence-electron chi connectivity index (χ0n) is 12.2. The zero-order chi connectivity index (χ0) is 16.6. The highest BCUT2D eigenvalue weighted by Crippen LogP contribution is 2.27. The maximum Gasteiger partial charge on any atom is 0.251 e. The number of carbonyl (C=O) groups excluding carboxylic acids is 1. The van der Waals surface area contributed by atoms with Gasteiger partial charge in [-0.3, -0.25) is 4.79 Å². The van der Waals surface area contributed by atoms with Crippen LogP contribution >= 0.6 is 11.6 Å². The van der Waals surface area contributed by atoms with Crippen LogP contribution in [-0.4, -0.2) is 25.7 Å². The SMILES string of the molecule is Cn1cnc2ccc(O)c(CNC(=O)c3ccc(O)c(Cl)c3)c21. The quantitative estimate of drug-likeness (QED) is 0.688. The summed E-state index contributed by atoms with van der Waals surface area (Å²) in [5.41, 5.74) is 2.40. The van der Waals surface area contributed by atoms with Gasteiger partial charge in [-0.05, 0) is 30.3 Å². The van der Waals surface area contributed by atoms with Crippen molar-refractivity contribution in [1.82, 2.24) is 14.9 Å². The van der Waals surface area contributed by atoms with E-state index in [0.29, 0.717) is 11.1 Å². The van der Waals surface area contributed by atoms with E-state index in [1.165, 1.54) is 18.2 Å². The molecule has 7 heteroatoms. The number of amides is 1. The number of phenols is 2. The summed E-state index contributed by atoms with van der Waals surface area (Å²) in [4.78, 5) is 16.4. The van der Waals surface area contributed by atoms with Crippen LogP contribution in [0.15, 0.2) is 36.7 Å². The number of imidazole rings is 1. The van der Waals surface area contributed by atoms with E-state index in [1.807, 2.05) is 7.05 Å². The number of carbonyl (C=O) groups is 1. The molecule has 118 valence electrons. The Morgan fingerprint density at radius 3 is 2.74 bits per heavy atom. The Labute approximate surface area is 137 Å². The second-order valence-corrected chi connectivity index (χ2v) is 5.54. The molecule has 0 spiro atoms. The molecule has 3 aromatic rings. The molecule has 3 rings (SSSR count). The van der Waals surface area contributed by atoms with Crippen LogP contribution in [-0.2, 0) is 13.6 Å². The summed E-state index contributed by atoms with van der Waals surface area (Å²) in [6.45, 7) is 0.139. The maximum atomic E-state index is 12.2. The molecule has 0 radical (unpaired) electrons. The average molecular weight is 332 g/mol. The molecule has 1 aromatic heterocycles. The van der Waals surface area contributed by atoms with Gasteiger partial charge in [0.15, 0.2) is 0 Å². The molecule has 23 heavy (non-hydrogen) atoms. The third-order valence-electron chi connectivity index (χ3n) is 3.60. The Morgan fingerprint density at radius 1 is 1.26 bits per heavy atom. The summed E-state index contributed by atoms with van der Waals surface area (Å²) >= 11 is 5.80. The molecule has 2 aromatic carbocycles. The van der Waals surface area contributed by atoms with Gasteiger partial charge in [-0.15, -0.1) is 0 Å². The summed E-state index contributed by atoms with van der Waals surface area (Å²) in [6.07, 6.45) is 1.65. The van der Waals surface area contributed by atoms with Crippen molar-refractivity contribution < 1.29 is 15.0 Å². The van der Waals surface area contributed by atoms with Crippen molar-refractivity contribution in [2.24, 2.45) is 7.05 Å². The normalized spacial score (nSPS) is 10.9. The third-order valence-corrected chi connectivity index (χ3v) is 3.90. The van der Waals surface area contributed by atoms with Crippen molar-refractivity contribution in [2.75, 3.05) is 0 Å². The van der Waals surface area contributed by atoms with Gasteiger partial charge < -0.3 is 20.1 Å². The van der Waals surface area contributed by atoms with Crippen molar-refractivity contribution in [2.45, 2.75) is 6.54 Å². The van der Waals surface area contributed by atoms with E-state index in [-0.39, 0.29) is 29.0 Å². The second kappa shape index (κ2) is 5.81. The Kier molecular flexibility index (Phi) is 3.83. The fraction of sp³-hybridized carbons (Fsp3) is 0.125. The molecule has 1 amide bonds. The van der Waals surface area contributed by atoms with Crippen LogP contribution in [0.2, 0.25) is 5.02 Å². The fourth-order valence-corrected chi connectivity index (χ4v) is 2.59. The number of fused-ring (bicyclic) bond motifs is 1. The van der Waals surface area contributed by atoms with Crippen LogP contribution in [0.4, 0.5) is 0 Å². The van der Waals surface area contributed by atoms with E-state index >= 15 is 0 Å². The molecule has 0 aliphatic carbocycles. The molecule has 0 fully saturated rings. The molecule has 0 bridgehead atoms. The molecular formula is C16H14ClN3O3. The second-order valence-electron chi connectivity index (χ2n) is 5.14. The number of nitrogens with one attached hydrogen (secondary N) is 1. The van der Waals surface area contributed by atoms with Gasteiger partial charge in [-0.1, -0.05) is 11.6 Å². The molecule has 3 N–H and O–H groups in total. The fourth-order valence-electron chi connectivity index (χ4n) is 2.41. The number of aromatic nitrogens is 2. The number of benzene rings is 2. The zero-order valence-corrected chi connectivity index (χ0v) is 13.0. The van der Waals surface area contributed by atoms with Crippen LogP contribution in [0.25, 0.3) is 11.0 Å². The van der Waals surface area contributed by atoms with E-state index in [9.17, 15) is 15.0 Å². The number of aromatic hydroxyl groups is 2. The number of halogens is 1. The summed E-state index contributed by atoms with van der Waals surface area (Å²) in [6, 6.07) is 7.48. The average Bonchev–Trinajstić information content (AvgIpc) is 2.90. The predicted octanol–water partition coefficient (Wildman–Crippen LogP) is 2.57. The Morgan fingerprint density at radius 2 is 2.00 bits per heavy atom. The minimum atomic E-state index is -0.356. The summed E-state index contributed by atoms with van der Waals surface area (Å²) in [7, 11) is 1.82. The number of hydrogen-bond acceptors (Lipinski definition) is 4. The van der Waals surface area contributed by atoms with E-state index in [1.54, 1.807) is 23.0 Å². The number of rotatable bonds is 3. The van der Waals surface area contributed by atoms with Crippen molar-refractivity contribution in [3.05, 3.63) is 52.8 Å². The Balaban J connectivity index is 1.85. The predicted molar refractivity (Wildman–Crippen MR) is 86.7 cm³/mol. The molecular weight excluding hydrogens is 318 g/mol. The van der Waals surface area contributed by atoms with E-state index in [2.05, 4.69) is 10.3 Å². The molecule has 0 saturated heterocycles. The lowest BCUT2D eigenvalue weighted by atomic mass is 10.1.